The van der Waals surface area contributed by atoms with Gasteiger partial charge in [0.05, 0.1) is 43.6 Å². The molecule has 2 fully saturated rings. The van der Waals surface area contributed by atoms with Crippen molar-refractivity contribution < 1.29 is 107 Å². The van der Waals surface area contributed by atoms with Gasteiger partial charge in [-0.2, -0.15) is 0 Å². The minimum Gasteiger partial charge on any atom is -0.478 e. The molecule has 0 radical (unpaired) electrons. The Morgan fingerprint density at radius 2 is 0.638 bits per heavy atom. The molecule has 12 aromatic rings. The van der Waals surface area contributed by atoms with Crippen LogP contribution >= 0.6 is 0 Å². The number of aromatic carboxylic acids is 1. The summed E-state index contributed by atoms with van der Waals surface area (Å²) < 4.78 is 24.2. The first kappa shape index (κ1) is 113. The Kier molecular flexibility index (Phi) is 54.6. The SMILES string of the molecule is CC.CC.CC(=O)c1ccccc1.COC(=O)c1ccc(/C=C/C(=O)c2ccccc2)cc1.COC(=O)c1ccc(/C=C/C(=O)c2ccccc2)cc1.COC(=O)c1ccc(C=O)cc1.NOC1CCCCO1.O=C(CCc1ccc(C(=O)NO)cc1)c1ccccc1.O=C(CCc1ccc(C(=O)NOC2CCCCO2)cc1)c1ccccc1.O=C(O)c1ccc(CCC(=O)c2ccccc2)cc1.[HH]. The summed E-state index contributed by atoms with van der Waals surface area (Å²) >= 11 is 0. The standard InChI is InChI=1S/C21H23NO4.2C17H14O3.C16H15NO3.C16H14O3.C9H8O3.C8H8O.C5H11NO2.2C2H6.H2/c23-19(17-6-2-1-3-7-17)14-11-16-9-12-18(13-10-16)21(24)22-26-20-8-4-5-15-25-20;2*1-20-17(19)15-10-7-13(8-11-15)9-12-16(18)14-5-3-2-4-6-14;18-15(13-4-2-1-3-5-13)11-8-12-6-9-14(10-7-12)16(19)17-20;17-15(13-4-2-1-3-5-13)11-8-12-6-9-14(10-7-12)16(18)19;1-12-9(11)8-4-2-7(6-10)3-5-8;1-7(9)8-5-3-2-4-6-8;6-8-5-3-1-2-4-7-5;2*1-2;/h1-3,6-7,9-10,12-13,20H,4-5,8,11,14-15H2,(H,22,24);2*2-12H,1H3;1-7,9-10,20H,8,11H2,(H,17,19);1-7,9-10H,8,11H2,(H,18,19);2-6H,1H3;2-6H,1H3;5H,1-4,6H2;2*1-2H3;1H/b;2*12-9+;;;;;;;;. The molecule has 720 valence electrons. The number of hydrogen-bond donors (Lipinski definition) is 5. The number of carbonyl (C=O) groups is 13. The number of Topliss-reactive ketones (excluding diaryl/α,β-unsaturated/α-hetero) is 4. The van der Waals surface area contributed by atoms with Crippen LogP contribution in [0.2, 0.25) is 0 Å². The van der Waals surface area contributed by atoms with E-state index < -0.39 is 17.8 Å². The number of carboxylic acids is 1. The molecule has 2 aliphatic heterocycles. The topological polar surface area (TPSA) is 377 Å². The Labute approximate surface area is 807 Å². The van der Waals surface area contributed by atoms with Crippen molar-refractivity contribution in [3.63, 3.8) is 0 Å². The number of benzene rings is 12. The Hall–Kier alpha value is -15.6. The van der Waals surface area contributed by atoms with E-state index in [1.807, 2.05) is 173 Å². The van der Waals surface area contributed by atoms with Crippen molar-refractivity contribution in [1.82, 2.24) is 11.0 Å². The van der Waals surface area contributed by atoms with E-state index in [1.165, 1.54) is 39.9 Å². The Morgan fingerprint density at radius 1 is 0.355 bits per heavy atom. The van der Waals surface area contributed by atoms with Crippen molar-refractivity contribution in [2.24, 2.45) is 5.90 Å². The molecule has 0 saturated carbocycles. The average molecular weight is 1870 g/mol. The molecular weight excluding hydrogens is 1750 g/mol. The van der Waals surface area contributed by atoms with Gasteiger partial charge in [-0.25, -0.2) is 40.9 Å². The molecule has 0 aliphatic carbocycles. The van der Waals surface area contributed by atoms with Crippen LogP contribution in [0.5, 0.6) is 0 Å². The number of esters is 3. The minimum atomic E-state index is -0.938. The Balaban J connectivity index is 0.000000336. The molecule has 138 heavy (non-hydrogen) atoms. The van der Waals surface area contributed by atoms with Crippen molar-refractivity contribution in [2.45, 2.75) is 124 Å². The monoisotopic (exact) mass is 1870 g/mol. The van der Waals surface area contributed by atoms with E-state index in [4.69, 9.17) is 30.5 Å². The highest BCUT2D eigenvalue weighted by Gasteiger charge is 2.19. The smallest absolute Gasteiger partial charge is 0.337 e. The van der Waals surface area contributed by atoms with E-state index in [-0.39, 0.29) is 72.1 Å². The fraction of sp³-hybridized carbons (Fsp3) is 0.212. The third kappa shape index (κ3) is 43.6. The van der Waals surface area contributed by atoms with Crippen LogP contribution in [-0.4, -0.2) is 134 Å². The van der Waals surface area contributed by atoms with Gasteiger partial charge in [0.1, 0.15) is 6.29 Å². The zero-order chi connectivity index (χ0) is 100. The van der Waals surface area contributed by atoms with Gasteiger partial charge in [0.15, 0.2) is 47.3 Å². The van der Waals surface area contributed by atoms with Gasteiger partial charge in [-0.05, 0) is 165 Å². The predicted molar refractivity (Wildman–Crippen MR) is 533 cm³/mol. The maximum absolute atomic E-state index is 12.1. The number of ether oxygens (including phenoxy) is 5. The molecule has 25 nitrogen and oxygen atoms in total. The molecule has 2 aliphatic rings. The lowest BCUT2D eigenvalue weighted by Gasteiger charge is -2.22. The molecule has 0 bridgehead atoms. The van der Waals surface area contributed by atoms with Gasteiger partial charge in [-0.15, -0.1) is 0 Å². The molecule has 2 atom stereocenters. The zero-order valence-electron chi connectivity index (χ0n) is 78.8. The Morgan fingerprint density at radius 3 is 0.899 bits per heavy atom. The first-order valence-corrected chi connectivity index (χ1v) is 44.9. The number of nitrogens with one attached hydrogen (secondary N) is 2. The molecule has 2 saturated heterocycles. The molecule has 2 amide bonds. The van der Waals surface area contributed by atoms with Crippen LogP contribution < -0.4 is 16.9 Å². The van der Waals surface area contributed by atoms with Crippen molar-refractivity contribution in [2.75, 3.05) is 34.5 Å². The van der Waals surface area contributed by atoms with E-state index in [9.17, 15) is 62.3 Å². The van der Waals surface area contributed by atoms with Crippen LogP contribution in [-0.2, 0) is 52.6 Å². The summed E-state index contributed by atoms with van der Waals surface area (Å²) in [5.74, 6) is 2.28. The maximum atomic E-state index is 12.1. The van der Waals surface area contributed by atoms with Crippen LogP contribution in [0.1, 0.15) is 256 Å². The fourth-order valence-corrected chi connectivity index (χ4v) is 12.3. The number of aryl methyl sites for hydroxylation is 3. The number of ketones is 6. The number of hydroxylamine groups is 2. The highest BCUT2D eigenvalue weighted by molar-refractivity contribution is 6.08. The van der Waals surface area contributed by atoms with Crippen molar-refractivity contribution in [3.05, 3.63) is 440 Å². The summed E-state index contributed by atoms with van der Waals surface area (Å²) in [7, 11) is 4.00. The summed E-state index contributed by atoms with van der Waals surface area (Å²) in [4.78, 5) is 158. The second kappa shape index (κ2) is 66.7. The number of methoxy groups -OCH3 is 3. The van der Waals surface area contributed by atoms with Gasteiger partial charge >= 0.3 is 23.9 Å². The van der Waals surface area contributed by atoms with Crippen molar-refractivity contribution in [3.8, 4) is 0 Å². The summed E-state index contributed by atoms with van der Waals surface area (Å²) in [5.41, 5.74) is 16.0. The lowest BCUT2D eigenvalue weighted by molar-refractivity contribution is -0.186. The third-order valence-electron chi connectivity index (χ3n) is 19.9. The van der Waals surface area contributed by atoms with Crippen molar-refractivity contribution >= 4 is 88.8 Å². The van der Waals surface area contributed by atoms with Gasteiger partial charge in [-0.1, -0.05) is 295 Å². The molecule has 25 heteroatoms. The van der Waals surface area contributed by atoms with E-state index in [2.05, 4.69) is 24.5 Å². The van der Waals surface area contributed by atoms with Crippen LogP contribution in [0.15, 0.2) is 340 Å². The highest BCUT2D eigenvalue weighted by Crippen LogP contribution is 2.19. The Bertz CT molecular complexity index is 5610. The van der Waals surface area contributed by atoms with Gasteiger partial charge < -0.3 is 28.8 Å². The first-order valence-electron chi connectivity index (χ1n) is 44.9. The predicted octanol–water partition coefficient (Wildman–Crippen LogP) is 22.1. The zero-order valence-corrected chi connectivity index (χ0v) is 78.8. The summed E-state index contributed by atoms with van der Waals surface area (Å²) in [6, 6.07) is 95.5. The number of carboxylic acid groups (broad SMARTS) is 1. The van der Waals surface area contributed by atoms with Gasteiger partial charge in [0.25, 0.3) is 11.8 Å². The highest BCUT2D eigenvalue weighted by atomic mass is 16.8. The van der Waals surface area contributed by atoms with Gasteiger partial charge in [0.2, 0.25) is 0 Å². The molecule has 2 heterocycles. The molecule has 0 aromatic heterocycles. The number of rotatable bonds is 29. The quantitative estimate of drug-likeness (QED) is 0.00553. The maximum Gasteiger partial charge on any atom is 0.337 e. The molecule has 0 spiro atoms. The largest absolute Gasteiger partial charge is 0.478 e. The molecular formula is C113H121N3O22. The fourth-order valence-electron chi connectivity index (χ4n) is 12.3. The van der Waals surface area contributed by atoms with Crippen molar-refractivity contribution in [1.29, 1.82) is 0 Å². The lowest BCUT2D eigenvalue weighted by atomic mass is 10.0. The van der Waals surface area contributed by atoms with E-state index in [0.717, 1.165) is 83.9 Å². The molecule has 12 aromatic carbocycles. The summed E-state index contributed by atoms with van der Waals surface area (Å²) in [6.07, 6.45) is 16.0. The third-order valence-corrected chi connectivity index (χ3v) is 19.9. The summed E-state index contributed by atoms with van der Waals surface area (Å²) in [6.45, 7) is 11.0. The first-order chi connectivity index (χ1) is 67.0. The average Bonchev–Trinajstić information content (AvgIpc) is 0.888. The van der Waals surface area contributed by atoms with E-state index in [1.54, 1.807) is 207 Å². The number of carbonyl (C=O) groups excluding carboxylic acids is 12. The second-order valence-corrected chi connectivity index (χ2v) is 29.5. The number of allylic oxidation sites excluding steroid dienone is 2. The van der Waals surface area contributed by atoms with Crippen LogP contribution in [0.3, 0.4) is 0 Å². The number of amides is 2. The second-order valence-electron chi connectivity index (χ2n) is 29.5. The molecule has 14 rings (SSSR count). The van der Waals surface area contributed by atoms with E-state index in [0.29, 0.717) is 101 Å². The van der Waals surface area contributed by atoms with Crippen LogP contribution in [0.4, 0.5) is 0 Å². The van der Waals surface area contributed by atoms with E-state index >= 15 is 0 Å². The minimum absolute atomic E-state index is 0. The summed E-state index contributed by atoms with van der Waals surface area (Å²) in [5, 5.41) is 17.3. The van der Waals surface area contributed by atoms with Crippen LogP contribution in [0, 0.1) is 0 Å². The lowest BCUT2D eigenvalue weighted by Crippen LogP contribution is -2.33. The van der Waals surface area contributed by atoms with Crippen LogP contribution in [0.25, 0.3) is 12.2 Å². The normalized spacial score (nSPS) is 12.3. The molecule has 2 unspecified atom stereocenters. The van der Waals surface area contributed by atoms with Gasteiger partial charge in [0, 0.05) is 96.8 Å². The number of aldehydes is 1. The number of nitrogens with two attached hydrogens (primary N) is 1. The molecule has 6 N–H and O–H groups in total. The van der Waals surface area contributed by atoms with Gasteiger partial charge in [-0.3, -0.25) is 53.2 Å². The number of hydrogen-bond acceptors (Lipinski definition) is 22.